The molecule has 6 heteroatoms. The largest absolute Gasteiger partial charge is 0.497 e. The van der Waals surface area contributed by atoms with Crippen LogP contribution in [0.2, 0.25) is 0 Å². The molecule has 0 saturated carbocycles. The molecule has 25 heavy (non-hydrogen) atoms. The van der Waals surface area contributed by atoms with Crippen molar-refractivity contribution in [2.24, 2.45) is 0 Å². The minimum Gasteiger partial charge on any atom is -0.497 e. The van der Waals surface area contributed by atoms with Gasteiger partial charge in [-0.15, -0.1) is 0 Å². The van der Waals surface area contributed by atoms with Crippen molar-refractivity contribution in [1.82, 2.24) is 10.2 Å². The number of nitrogens with one attached hydrogen (secondary N) is 2. The molecular formula is C19H19N3O3. The smallest absolute Gasteiger partial charge is 0.259 e. The number of aryl methyl sites for hydroxylation is 1. The number of hydrogen-bond donors (Lipinski definition) is 2. The Morgan fingerprint density at radius 3 is 2.52 bits per heavy atom. The molecule has 0 bridgehead atoms. The van der Waals surface area contributed by atoms with Crippen molar-refractivity contribution >= 4 is 11.6 Å². The van der Waals surface area contributed by atoms with Gasteiger partial charge in [0.25, 0.3) is 5.91 Å². The lowest BCUT2D eigenvalue weighted by Crippen LogP contribution is -2.14. The lowest BCUT2D eigenvalue weighted by atomic mass is 10.1. The van der Waals surface area contributed by atoms with Gasteiger partial charge in [0.2, 0.25) is 0 Å². The van der Waals surface area contributed by atoms with E-state index >= 15 is 0 Å². The summed E-state index contributed by atoms with van der Waals surface area (Å²) >= 11 is 0. The molecule has 1 aromatic heterocycles. The van der Waals surface area contributed by atoms with E-state index in [2.05, 4.69) is 15.5 Å². The SMILES string of the molecule is COc1ccc(C(=O)Nc2c(-c3ccccc3)n[nH]c2C)c(OC)c1. The highest BCUT2D eigenvalue weighted by atomic mass is 16.5. The first-order chi connectivity index (χ1) is 12.1. The van der Waals surface area contributed by atoms with Gasteiger partial charge in [0, 0.05) is 11.6 Å². The van der Waals surface area contributed by atoms with Crippen LogP contribution >= 0.6 is 0 Å². The Balaban J connectivity index is 1.94. The number of aromatic nitrogens is 2. The second-order valence-electron chi connectivity index (χ2n) is 5.46. The molecule has 0 aliphatic rings. The van der Waals surface area contributed by atoms with E-state index in [1.165, 1.54) is 7.11 Å². The van der Waals surface area contributed by atoms with Gasteiger partial charge in [-0.25, -0.2) is 0 Å². The maximum Gasteiger partial charge on any atom is 0.259 e. The fourth-order valence-electron chi connectivity index (χ4n) is 2.55. The van der Waals surface area contributed by atoms with Crippen LogP contribution in [-0.4, -0.2) is 30.3 Å². The number of anilines is 1. The summed E-state index contributed by atoms with van der Waals surface area (Å²) in [6.07, 6.45) is 0. The van der Waals surface area contributed by atoms with Crippen LogP contribution in [-0.2, 0) is 0 Å². The fourth-order valence-corrected chi connectivity index (χ4v) is 2.55. The van der Waals surface area contributed by atoms with E-state index in [4.69, 9.17) is 9.47 Å². The highest BCUT2D eigenvalue weighted by Crippen LogP contribution is 2.30. The Bertz CT molecular complexity index is 888. The van der Waals surface area contributed by atoms with Crippen LogP contribution in [0, 0.1) is 6.92 Å². The average molecular weight is 337 g/mol. The Morgan fingerprint density at radius 2 is 1.84 bits per heavy atom. The number of methoxy groups -OCH3 is 2. The van der Waals surface area contributed by atoms with E-state index in [1.807, 2.05) is 37.3 Å². The molecule has 0 atom stereocenters. The van der Waals surface area contributed by atoms with Crippen LogP contribution in [0.15, 0.2) is 48.5 Å². The van der Waals surface area contributed by atoms with Crippen molar-refractivity contribution in [3.05, 3.63) is 59.8 Å². The Morgan fingerprint density at radius 1 is 1.08 bits per heavy atom. The van der Waals surface area contributed by atoms with Gasteiger partial charge in [-0.1, -0.05) is 30.3 Å². The molecule has 0 aliphatic carbocycles. The molecule has 3 rings (SSSR count). The Hall–Kier alpha value is -3.28. The zero-order chi connectivity index (χ0) is 17.8. The van der Waals surface area contributed by atoms with E-state index in [0.717, 1.165) is 11.3 Å². The van der Waals surface area contributed by atoms with E-state index in [-0.39, 0.29) is 5.91 Å². The first-order valence-corrected chi connectivity index (χ1v) is 7.77. The first kappa shape index (κ1) is 16.6. The minimum absolute atomic E-state index is 0.277. The third-order valence-electron chi connectivity index (χ3n) is 3.89. The Labute approximate surface area is 145 Å². The summed E-state index contributed by atoms with van der Waals surface area (Å²) in [7, 11) is 3.08. The molecule has 2 aromatic carbocycles. The molecule has 2 N–H and O–H groups in total. The van der Waals surface area contributed by atoms with Gasteiger partial charge in [0.15, 0.2) is 0 Å². The van der Waals surface area contributed by atoms with Crippen LogP contribution < -0.4 is 14.8 Å². The van der Waals surface area contributed by atoms with Gasteiger partial charge < -0.3 is 14.8 Å². The van der Waals surface area contributed by atoms with Crippen molar-refractivity contribution in [3.63, 3.8) is 0 Å². The van der Waals surface area contributed by atoms with Gasteiger partial charge in [0.1, 0.15) is 17.2 Å². The highest BCUT2D eigenvalue weighted by Gasteiger charge is 2.18. The molecule has 0 fully saturated rings. The molecule has 3 aromatic rings. The number of aromatic amines is 1. The predicted octanol–water partition coefficient (Wildman–Crippen LogP) is 3.65. The van der Waals surface area contributed by atoms with Crippen molar-refractivity contribution in [2.75, 3.05) is 19.5 Å². The third kappa shape index (κ3) is 3.33. The van der Waals surface area contributed by atoms with E-state index in [0.29, 0.717) is 28.4 Å². The lowest BCUT2D eigenvalue weighted by molar-refractivity contribution is 0.102. The number of carbonyl (C=O) groups excluding carboxylic acids is 1. The molecule has 128 valence electrons. The molecular weight excluding hydrogens is 318 g/mol. The average Bonchev–Trinajstić information content (AvgIpc) is 3.02. The second kappa shape index (κ2) is 7.09. The lowest BCUT2D eigenvalue weighted by Gasteiger charge is -2.11. The maximum absolute atomic E-state index is 12.8. The zero-order valence-corrected chi connectivity index (χ0v) is 14.3. The third-order valence-corrected chi connectivity index (χ3v) is 3.89. The summed E-state index contributed by atoms with van der Waals surface area (Å²) < 4.78 is 10.5. The summed E-state index contributed by atoms with van der Waals surface area (Å²) in [6, 6.07) is 14.7. The van der Waals surface area contributed by atoms with Crippen molar-refractivity contribution in [3.8, 4) is 22.8 Å². The number of carbonyl (C=O) groups is 1. The van der Waals surface area contributed by atoms with Gasteiger partial charge in [-0.3, -0.25) is 9.89 Å². The zero-order valence-electron chi connectivity index (χ0n) is 14.3. The standard InChI is InChI=1S/C19H19N3O3/c1-12-17(18(22-21-12)13-7-5-4-6-8-13)20-19(23)15-10-9-14(24-2)11-16(15)25-3/h4-11H,1-3H3,(H,20,23)(H,21,22). The quantitative estimate of drug-likeness (QED) is 0.745. The molecule has 0 aliphatic heterocycles. The first-order valence-electron chi connectivity index (χ1n) is 7.77. The van der Waals surface area contributed by atoms with Gasteiger partial charge in [-0.05, 0) is 19.1 Å². The molecule has 1 heterocycles. The van der Waals surface area contributed by atoms with Gasteiger partial charge in [0.05, 0.1) is 31.2 Å². The monoisotopic (exact) mass is 337 g/mol. The summed E-state index contributed by atoms with van der Waals surface area (Å²) in [5, 5.41) is 10.2. The number of ether oxygens (including phenoxy) is 2. The van der Waals surface area contributed by atoms with Gasteiger partial charge >= 0.3 is 0 Å². The number of benzene rings is 2. The van der Waals surface area contributed by atoms with Gasteiger partial charge in [-0.2, -0.15) is 5.10 Å². The predicted molar refractivity (Wildman–Crippen MR) is 96.3 cm³/mol. The van der Waals surface area contributed by atoms with Crippen LogP contribution in [0.5, 0.6) is 11.5 Å². The topological polar surface area (TPSA) is 76.2 Å². The highest BCUT2D eigenvalue weighted by molar-refractivity contribution is 6.08. The molecule has 1 amide bonds. The summed E-state index contributed by atoms with van der Waals surface area (Å²) in [6.45, 7) is 1.86. The summed E-state index contributed by atoms with van der Waals surface area (Å²) in [4.78, 5) is 12.8. The molecule has 0 saturated heterocycles. The number of amides is 1. The van der Waals surface area contributed by atoms with Crippen molar-refractivity contribution in [1.29, 1.82) is 0 Å². The van der Waals surface area contributed by atoms with E-state index < -0.39 is 0 Å². The van der Waals surface area contributed by atoms with Crippen LogP contribution in [0.4, 0.5) is 5.69 Å². The number of H-pyrrole nitrogens is 1. The molecule has 6 nitrogen and oxygen atoms in total. The number of rotatable bonds is 5. The minimum atomic E-state index is -0.277. The Kier molecular flexibility index (Phi) is 4.70. The molecule has 0 radical (unpaired) electrons. The summed E-state index contributed by atoms with van der Waals surface area (Å²) in [5.41, 5.74) is 3.46. The number of hydrogen-bond acceptors (Lipinski definition) is 4. The normalized spacial score (nSPS) is 10.4. The van der Waals surface area contributed by atoms with Crippen molar-refractivity contribution in [2.45, 2.75) is 6.92 Å². The van der Waals surface area contributed by atoms with E-state index in [9.17, 15) is 4.79 Å². The molecule has 0 unspecified atom stereocenters. The van der Waals surface area contributed by atoms with Crippen LogP contribution in [0.1, 0.15) is 16.1 Å². The van der Waals surface area contributed by atoms with Crippen LogP contribution in [0.3, 0.4) is 0 Å². The fraction of sp³-hybridized carbons (Fsp3) is 0.158. The second-order valence-corrected chi connectivity index (χ2v) is 5.46. The summed E-state index contributed by atoms with van der Waals surface area (Å²) in [5.74, 6) is 0.790. The maximum atomic E-state index is 12.8. The number of nitrogens with zero attached hydrogens (tertiary/aromatic N) is 1. The van der Waals surface area contributed by atoms with E-state index in [1.54, 1.807) is 25.3 Å². The van der Waals surface area contributed by atoms with Crippen LogP contribution in [0.25, 0.3) is 11.3 Å². The van der Waals surface area contributed by atoms with Crippen molar-refractivity contribution < 1.29 is 14.3 Å². The molecule has 0 spiro atoms.